The number of methoxy groups -OCH3 is 1. The summed E-state index contributed by atoms with van der Waals surface area (Å²) >= 11 is 0. The zero-order chi connectivity index (χ0) is 16.1. The van der Waals surface area contributed by atoms with Crippen molar-refractivity contribution in [1.29, 1.82) is 0 Å². The molecule has 1 atom stereocenters. The van der Waals surface area contributed by atoms with Gasteiger partial charge in [0, 0.05) is 25.7 Å². The molecule has 0 aliphatic carbocycles. The van der Waals surface area contributed by atoms with Gasteiger partial charge in [-0.2, -0.15) is 0 Å². The van der Waals surface area contributed by atoms with Crippen molar-refractivity contribution in [1.82, 2.24) is 5.32 Å². The Bertz CT molecular complexity index is 621. The lowest BCUT2D eigenvalue weighted by Crippen LogP contribution is -2.20. The fraction of sp³-hybridized carbons (Fsp3) is 0.478. The number of benzene rings is 2. The van der Waals surface area contributed by atoms with E-state index < -0.39 is 0 Å². The second kappa shape index (κ2) is 11.6. The molecule has 1 heterocycles. The second-order valence-corrected chi connectivity index (χ2v) is 6.21. The molecule has 0 spiro atoms. The Morgan fingerprint density at radius 3 is 2.27 bits per heavy atom. The van der Waals surface area contributed by atoms with Gasteiger partial charge in [0.15, 0.2) is 0 Å². The van der Waals surface area contributed by atoms with Crippen LogP contribution in [0.4, 0.5) is 5.69 Å². The number of nitrogens with zero attached hydrogens (tertiary/aromatic N) is 1. The fourth-order valence-electron chi connectivity index (χ4n) is 3.18. The van der Waals surface area contributed by atoms with Crippen LogP contribution in [0.3, 0.4) is 0 Å². The SMILES string of the molecule is C.C.C.COc1ccc(CN[C@H](C)c2ccccc2)cc1N1CCCC1. The molecule has 3 nitrogen and oxygen atoms in total. The molecule has 0 radical (unpaired) electrons. The van der Waals surface area contributed by atoms with Crippen LogP contribution in [-0.2, 0) is 6.54 Å². The Labute approximate surface area is 161 Å². The summed E-state index contributed by atoms with van der Waals surface area (Å²) in [7, 11) is 1.75. The van der Waals surface area contributed by atoms with E-state index in [-0.39, 0.29) is 22.3 Å². The van der Waals surface area contributed by atoms with Crippen molar-refractivity contribution in [3.8, 4) is 5.75 Å². The molecule has 1 aliphatic rings. The minimum atomic E-state index is 0. The highest BCUT2D eigenvalue weighted by atomic mass is 16.5. The Balaban J connectivity index is 0.00000208. The van der Waals surface area contributed by atoms with Crippen molar-refractivity contribution in [2.45, 2.75) is 54.6 Å². The van der Waals surface area contributed by atoms with Crippen LogP contribution in [0.15, 0.2) is 48.5 Å². The summed E-state index contributed by atoms with van der Waals surface area (Å²) in [6.07, 6.45) is 2.55. The third-order valence-corrected chi connectivity index (χ3v) is 4.60. The fourth-order valence-corrected chi connectivity index (χ4v) is 3.18. The molecular formula is C23H38N2O. The number of anilines is 1. The van der Waals surface area contributed by atoms with Crippen LogP contribution in [-0.4, -0.2) is 20.2 Å². The molecule has 1 fully saturated rings. The van der Waals surface area contributed by atoms with Crippen LogP contribution in [0, 0.1) is 0 Å². The van der Waals surface area contributed by atoms with Gasteiger partial charge in [0.05, 0.1) is 12.8 Å². The van der Waals surface area contributed by atoms with Gasteiger partial charge in [0.25, 0.3) is 0 Å². The molecule has 26 heavy (non-hydrogen) atoms. The number of rotatable bonds is 6. The summed E-state index contributed by atoms with van der Waals surface area (Å²) in [4.78, 5) is 2.43. The molecule has 3 rings (SSSR count). The van der Waals surface area contributed by atoms with E-state index in [4.69, 9.17) is 4.74 Å². The molecule has 0 bridgehead atoms. The Hall–Kier alpha value is -2.00. The average molecular weight is 359 g/mol. The third kappa shape index (κ3) is 5.77. The molecule has 0 amide bonds. The smallest absolute Gasteiger partial charge is 0.142 e. The van der Waals surface area contributed by atoms with Crippen LogP contribution < -0.4 is 15.0 Å². The van der Waals surface area contributed by atoms with Crippen molar-refractivity contribution in [2.75, 3.05) is 25.1 Å². The maximum absolute atomic E-state index is 5.55. The van der Waals surface area contributed by atoms with Crippen LogP contribution in [0.5, 0.6) is 5.75 Å². The van der Waals surface area contributed by atoms with Crippen LogP contribution in [0.25, 0.3) is 0 Å². The van der Waals surface area contributed by atoms with Gasteiger partial charge in [-0.1, -0.05) is 58.7 Å². The van der Waals surface area contributed by atoms with Crippen molar-refractivity contribution < 1.29 is 4.74 Å². The van der Waals surface area contributed by atoms with Gasteiger partial charge in [-0.3, -0.25) is 0 Å². The first-order chi connectivity index (χ1) is 11.3. The number of hydrogen-bond donors (Lipinski definition) is 1. The maximum Gasteiger partial charge on any atom is 0.142 e. The Morgan fingerprint density at radius 1 is 1.00 bits per heavy atom. The summed E-state index contributed by atoms with van der Waals surface area (Å²) in [6, 6.07) is 17.4. The van der Waals surface area contributed by atoms with E-state index >= 15 is 0 Å². The highest BCUT2D eigenvalue weighted by Gasteiger charge is 2.17. The van der Waals surface area contributed by atoms with Crippen molar-refractivity contribution in [3.63, 3.8) is 0 Å². The first-order valence-corrected chi connectivity index (χ1v) is 8.48. The molecule has 1 N–H and O–H groups in total. The molecular weight excluding hydrogens is 320 g/mol. The van der Waals surface area contributed by atoms with Gasteiger partial charge < -0.3 is 15.0 Å². The predicted octanol–water partition coefficient (Wildman–Crippen LogP) is 6.05. The molecule has 3 heteroatoms. The van der Waals surface area contributed by atoms with Crippen molar-refractivity contribution in [3.05, 3.63) is 59.7 Å². The van der Waals surface area contributed by atoms with E-state index in [1.165, 1.54) is 29.7 Å². The Morgan fingerprint density at radius 2 is 1.65 bits per heavy atom. The molecule has 2 aromatic carbocycles. The third-order valence-electron chi connectivity index (χ3n) is 4.60. The van der Waals surface area contributed by atoms with Gasteiger partial charge in [-0.05, 0) is 43.0 Å². The lowest BCUT2D eigenvalue weighted by molar-refractivity contribution is 0.414. The van der Waals surface area contributed by atoms with Gasteiger partial charge in [-0.15, -0.1) is 0 Å². The standard InChI is InChI=1S/C20H26N2O.3CH4/c1-16(18-8-4-3-5-9-18)21-15-17-10-11-20(23-2)19(14-17)22-12-6-7-13-22;;;/h3-5,8-11,14,16,21H,6-7,12-13,15H2,1-2H3;3*1H4/t16-;;;/m1.../s1. The van der Waals surface area contributed by atoms with Gasteiger partial charge >= 0.3 is 0 Å². The Kier molecular flexibility index (Phi) is 10.7. The lowest BCUT2D eigenvalue weighted by atomic mass is 10.1. The summed E-state index contributed by atoms with van der Waals surface area (Å²) in [6.45, 7) is 5.34. The monoisotopic (exact) mass is 358 g/mol. The van der Waals surface area contributed by atoms with Crippen LogP contribution in [0.2, 0.25) is 0 Å². The van der Waals surface area contributed by atoms with Crippen molar-refractivity contribution >= 4 is 5.69 Å². The predicted molar refractivity (Wildman–Crippen MR) is 116 cm³/mol. The van der Waals surface area contributed by atoms with E-state index in [1.807, 2.05) is 0 Å². The van der Waals surface area contributed by atoms with E-state index in [2.05, 4.69) is 65.7 Å². The summed E-state index contributed by atoms with van der Waals surface area (Å²) in [5.74, 6) is 0.978. The summed E-state index contributed by atoms with van der Waals surface area (Å²) in [5, 5.41) is 3.61. The number of ether oxygens (including phenoxy) is 1. The average Bonchev–Trinajstić information content (AvgIpc) is 3.14. The highest BCUT2D eigenvalue weighted by Crippen LogP contribution is 2.32. The first-order valence-electron chi connectivity index (χ1n) is 8.48. The molecule has 1 aliphatic heterocycles. The van der Waals surface area contributed by atoms with E-state index in [1.54, 1.807) is 7.11 Å². The van der Waals surface area contributed by atoms with Crippen molar-refractivity contribution in [2.24, 2.45) is 0 Å². The van der Waals surface area contributed by atoms with Gasteiger partial charge in [0.2, 0.25) is 0 Å². The number of hydrogen-bond acceptors (Lipinski definition) is 3. The quantitative estimate of drug-likeness (QED) is 0.680. The molecule has 2 aromatic rings. The van der Waals surface area contributed by atoms with Crippen LogP contribution >= 0.6 is 0 Å². The minimum Gasteiger partial charge on any atom is -0.495 e. The lowest BCUT2D eigenvalue weighted by Gasteiger charge is -2.22. The minimum absolute atomic E-state index is 0. The summed E-state index contributed by atoms with van der Waals surface area (Å²) in [5.41, 5.74) is 3.85. The largest absolute Gasteiger partial charge is 0.495 e. The van der Waals surface area contributed by atoms with E-state index in [0.717, 1.165) is 25.4 Å². The molecule has 1 saturated heterocycles. The maximum atomic E-state index is 5.55. The van der Waals surface area contributed by atoms with E-state index in [0.29, 0.717) is 6.04 Å². The normalized spacial score (nSPS) is 13.8. The molecule has 0 unspecified atom stereocenters. The number of nitrogens with one attached hydrogen (secondary N) is 1. The highest BCUT2D eigenvalue weighted by molar-refractivity contribution is 5.60. The van der Waals surface area contributed by atoms with Crippen LogP contribution in [0.1, 0.15) is 59.2 Å². The zero-order valence-corrected chi connectivity index (χ0v) is 14.1. The topological polar surface area (TPSA) is 24.5 Å². The second-order valence-electron chi connectivity index (χ2n) is 6.21. The van der Waals surface area contributed by atoms with E-state index in [9.17, 15) is 0 Å². The van der Waals surface area contributed by atoms with Gasteiger partial charge in [0.1, 0.15) is 5.75 Å². The molecule has 146 valence electrons. The first kappa shape index (κ1) is 24.0. The van der Waals surface area contributed by atoms with Gasteiger partial charge in [-0.25, -0.2) is 0 Å². The summed E-state index contributed by atoms with van der Waals surface area (Å²) < 4.78 is 5.55. The molecule has 0 saturated carbocycles. The molecule has 0 aromatic heterocycles. The zero-order valence-electron chi connectivity index (χ0n) is 14.1.